The molecular weight excluding hydrogens is 424 g/mol. The summed E-state index contributed by atoms with van der Waals surface area (Å²) in [4.78, 5) is 36.6. The van der Waals surface area contributed by atoms with Crippen LogP contribution >= 0.6 is 0 Å². The van der Waals surface area contributed by atoms with E-state index in [0.717, 1.165) is 11.1 Å². The highest BCUT2D eigenvalue weighted by Crippen LogP contribution is 2.26. The van der Waals surface area contributed by atoms with Crippen LogP contribution in [0, 0.1) is 0 Å². The maximum absolute atomic E-state index is 12.7. The maximum Gasteiger partial charge on any atom is 0.355 e. The molecule has 0 atom stereocenters. The number of ether oxygens (including phenoxy) is 3. The number of ketones is 1. The largest absolute Gasteiger partial charge is 0.497 e. The monoisotopic (exact) mass is 450 g/mol. The molecule has 0 fully saturated rings. The number of carbonyl (C=O) groups excluding carboxylic acids is 3. The van der Waals surface area contributed by atoms with Crippen LogP contribution in [0.15, 0.2) is 60.8 Å². The first kappa shape index (κ1) is 23.6. The number of methoxy groups -OCH3 is 2. The van der Waals surface area contributed by atoms with Crippen molar-refractivity contribution < 1.29 is 28.6 Å². The molecule has 8 heteroatoms. The van der Waals surface area contributed by atoms with Gasteiger partial charge in [-0.05, 0) is 48.4 Å². The molecule has 3 rings (SSSR count). The van der Waals surface area contributed by atoms with Crippen LogP contribution < -0.4 is 14.8 Å². The van der Waals surface area contributed by atoms with Gasteiger partial charge in [0.2, 0.25) is 0 Å². The molecule has 0 saturated carbocycles. The Balaban J connectivity index is 1.73. The zero-order valence-electron chi connectivity index (χ0n) is 19.0. The predicted molar refractivity (Wildman–Crippen MR) is 122 cm³/mol. The molecule has 1 aromatic heterocycles. The van der Waals surface area contributed by atoms with Crippen molar-refractivity contribution in [2.75, 3.05) is 20.8 Å². The molecule has 1 amide bonds. The van der Waals surface area contributed by atoms with Crippen molar-refractivity contribution in [2.24, 2.45) is 7.05 Å². The van der Waals surface area contributed by atoms with Crippen LogP contribution in [-0.2, 0) is 16.6 Å². The van der Waals surface area contributed by atoms with Crippen molar-refractivity contribution in [3.8, 4) is 11.5 Å². The molecule has 0 saturated heterocycles. The lowest BCUT2D eigenvalue weighted by molar-refractivity contribution is -0.124. The third kappa shape index (κ3) is 5.79. The Bertz CT molecular complexity index is 1090. The van der Waals surface area contributed by atoms with E-state index in [1.165, 1.54) is 17.6 Å². The average molecular weight is 450 g/mol. The SMILES string of the molecule is COc1ccc(C(NC(=O)COC(=O)c2cc(C(C)=O)cn2C)c2ccc(OC)cc2)cc1. The van der Waals surface area contributed by atoms with Crippen molar-refractivity contribution >= 4 is 17.7 Å². The summed E-state index contributed by atoms with van der Waals surface area (Å²) in [5, 5.41) is 2.91. The number of aromatic nitrogens is 1. The number of nitrogens with one attached hydrogen (secondary N) is 1. The average Bonchev–Trinajstić information content (AvgIpc) is 3.23. The van der Waals surface area contributed by atoms with Gasteiger partial charge in [-0.15, -0.1) is 0 Å². The number of amides is 1. The van der Waals surface area contributed by atoms with Gasteiger partial charge in [0.05, 0.1) is 20.3 Å². The van der Waals surface area contributed by atoms with Crippen molar-refractivity contribution in [1.82, 2.24) is 9.88 Å². The first-order chi connectivity index (χ1) is 15.8. The van der Waals surface area contributed by atoms with Gasteiger partial charge in [-0.3, -0.25) is 9.59 Å². The Morgan fingerprint density at radius 2 is 1.42 bits per heavy atom. The topological polar surface area (TPSA) is 95.9 Å². The summed E-state index contributed by atoms with van der Waals surface area (Å²) >= 11 is 0. The zero-order valence-corrected chi connectivity index (χ0v) is 19.0. The quantitative estimate of drug-likeness (QED) is 0.397. The molecular formula is C25H26N2O6. The second kappa shape index (κ2) is 10.5. The number of benzene rings is 2. The molecule has 0 unspecified atom stereocenters. The molecule has 0 aliphatic carbocycles. The summed E-state index contributed by atoms with van der Waals surface area (Å²) in [7, 11) is 4.79. The van der Waals surface area contributed by atoms with E-state index in [1.807, 2.05) is 24.3 Å². The van der Waals surface area contributed by atoms with Crippen molar-refractivity contribution in [3.63, 3.8) is 0 Å². The molecule has 3 aromatic rings. The fourth-order valence-electron chi connectivity index (χ4n) is 3.32. The zero-order chi connectivity index (χ0) is 24.0. The summed E-state index contributed by atoms with van der Waals surface area (Å²) in [6, 6.07) is 15.6. The van der Waals surface area contributed by atoms with E-state index >= 15 is 0 Å². The van der Waals surface area contributed by atoms with Crippen LogP contribution in [0.3, 0.4) is 0 Å². The van der Waals surface area contributed by atoms with Crippen LogP contribution in [0.5, 0.6) is 11.5 Å². The minimum Gasteiger partial charge on any atom is -0.497 e. The molecule has 2 aromatic carbocycles. The lowest BCUT2D eigenvalue weighted by Gasteiger charge is -2.20. The minimum absolute atomic E-state index is 0.163. The van der Waals surface area contributed by atoms with Gasteiger partial charge in [0, 0.05) is 18.8 Å². The van der Waals surface area contributed by atoms with Gasteiger partial charge < -0.3 is 24.1 Å². The minimum atomic E-state index is -0.689. The predicted octanol–water partition coefficient (Wildman–Crippen LogP) is 3.31. The first-order valence-corrected chi connectivity index (χ1v) is 10.2. The van der Waals surface area contributed by atoms with E-state index in [1.54, 1.807) is 51.7 Å². The van der Waals surface area contributed by atoms with Gasteiger partial charge in [0.15, 0.2) is 12.4 Å². The van der Waals surface area contributed by atoms with Gasteiger partial charge in [0.25, 0.3) is 5.91 Å². The van der Waals surface area contributed by atoms with E-state index in [9.17, 15) is 14.4 Å². The van der Waals surface area contributed by atoms with Crippen LogP contribution in [0.2, 0.25) is 0 Å². The molecule has 0 aliphatic heterocycles. The van der Waals surface area contributed by atoms with Crippen LogP contribution in [-0.4, -0.2) is 43.1 Å². The van der Waals surface area contributed by atoms with Crippen molar-refractivity contribution in [1.29, 1.82) is 0 Å². The summed E-state index contributed by atoms with van der Waals surface area (Å²) < 4.78 is 17.1. The number of hydrogen-bond acceptors (Lipinski definition) is 6. The second-order valence-corrected chi connectivity index (χ2v) is 7.40. The number of nitrogens with zero attached hydrogens (tertiary/aromatic N) is 1. The van der Waals surface area contributed by atoms with Crippen LogP contribution in [0.4, 0.5) is 0 Å². The number of carbonyl (C=O) groups is 3. The number of aryl methyl sites for hydroxylation is 1. The van der Waals surface area contributed by atoms with Gasteiger partial charge in [-0.25, -0.2) is 4.79 Å². The number of hydrogen-bond donors (Lipinski definition) is 1. The van der Waals surface area contributed by atoms with Gasteiger partial charge >= 0.3 is 5.97 Å². The maximum atomic E-state index is 12.7. The molecule has 0 bridgehead atoms. The number of Topliss-reactive ketones (excluding diaryl/α,β-unsaturated/α-hetero) is 1. The molecule has 1 N–H and O–H groups in total. The Morgan fingerprint density at radius 1 is 0.909 bits per heavy atom. The van der Waals surface area contributed by atoms with E-state index in [4.69, 9.17) is 14.2 Å². The van der Waals surface area contributed by atoms with Crippen molar-refractivity contribution in [2.45, 2.75) is 13.0 Å². The Morgan fingerprint density at radius 3 is 1.85 bits per heavy atom. The normalized spacial score (nSPS) is 10.6. The fraction of sp³-hybridized carbons (Fsp3) is 0.240. The van der Waals surface area contributed by atoms with Crippen molar-refractivity contribution in [3.05, 3.63) is 83.2 Å². The standard InChI is InChI=1S/C25H26N2O6/c1-16(28)19-13-22(27(2)14-19)25(30)33-15-23(29)26-24(17-5-9-20(31-3)10-6-17)18-7-11-21(32-4)12-8-18/h5-14,24H,15H2,1-4H3,(H,26,29). The van der Waals surface area contributed by atoms with E-state index < -0.39 is 24.5 Å². The third-order valence-corrected chi connectivity index (χ3v) is 5.16. The third-order valence-electron chi connectivity index (χ3n) is 5.16. The molecule has 1 heterocycles. The smallest absolute Gasteiger partial charge is 0.355 e. The Labute approximate surface area is 192 Å². The highest BCUT2D eigenvalue weighted by atomic mass is 16.5. The highest BCUT2D eigenvalue weighted by molar-refractivity contribution is 5.98. The van der Waals surface area contributed by atoms with Crippen LogP contribution in [0.25, 0.3) is 0 Å². The fourth-order valence-corrected chi connectivity index (χ4v) is 3.32. The highest BCUT2D eigenvalue weighted by Gasteiger charge is 2.20. The molecule has 0 aliphatic rings. The molecule has 0 radical (unpaired) electrons. The Kier molecular flexibility index (Phi) is 7.50. The van der Waals surface area contributed by atoms with E-state index in [-0.39, 0.29) is 11.5 Å². The van der Waals surface area contributed by atoms with Gasteiger partial charge in [-0.2, -0.15) is 0 Å². The molecule has 8 nitrogen and oxygen atoms in total. The molecule has 33 heavy (non-hydrogen) atoms. The Hall–Kier alpha value is -4.07. The van der Waals surface area contributed by atoms with Gasteiger partial charge in [0.1, 0.15) is 17.2 Å². The number of rotatable bonds is 9. The molecule has 172 valence electrons. The van der Waals surface area contributed by atoms with E-state index in [0.29, 0.717) is 17.1 Å². The summed E-state index contributed by atoms with van der Waals surface area (Å²) in [5.41, 5.74) is 2.24. The molecule has 0 spiro atoms. The summed E-state index contributed by atoms with van der Waals surface area (Å²) in [6.45, 7) is 0.943. The number of esters is 1. The lowest BCUT2D eigenvalue weighted by Crippen LogP contribution is -2.33. The summed E-state index contributed by atoms with van der Waals surface area (Å²) in [6.07, 6.45) is 1.54. The summed E-state index contributed by atoms with van der Waals surface area (Å²) in [5.74, 6) is 0.0655. The second-order valence-electron chi connectivity index (χ2n) is 7.40. The van der Waals surface area contributed by atoms with Gasteiger partial charge in [-0.1, -0.05) is 24.3 Å². The lowest BCUT2D eigenvalue weighted by atomic mass is 9.98. The first-order valence-electron chi connectivity index (χ1n) is 10.2. The van der Waals surface area contributed by atoms with Crippen LogP contribution in [0.1, 0.15) is 44.9 Å². The van der Waals surface area contributed by atoms with E-state index in [2.05, 4.69) is 5.32 Å².